The van der Waals surface area contributed by atoms with E-state index in [-0.39, 0.29) is 0 Å². The van der Waals surface area contributed by atoms with Crippen LogP contribution < -0.4 is 0 Å². The van der Waals surface area contributed by atoms with Gasteiger partial charge in [0.2, 0.25) is 0 Å². The second-order valence-electron chi connectivity index (χ2n) is 14.9. The molecule has 0 radical (unpaired) electrons. The fraction of sp³-hybridized carbons (Fsp3) is 0.0370. The van der Waals surface area contributed by atoms with Gasteiger partial charge in [-0.3, -0.25) is 4.57 Å². The van der Waals surface area contributed by atoms with E-state index in [4.69, 9.17) is 19.9 Å². The highest BCUT2D eigenvalue weighted by molar-refractivity contribution is 6.20. The van der Waals surface area contributed by atoms with E-state index in [0.29, 0.717) is 5.82 Å². The van der Waals surface area contributed by atoms with Gasteiger partial charge in [-0.2, -0.15) is 0 Å². The molecular weight excluding hydrogens is 719 g/mol. The quantitative estimate of drug-likeness (QED) is 0.152. The largest absolute Gasteiger partial charge is 0.296 e. The molecule has 0 spiro atoms. The van der Waals surface area contributed by atoms with E-state index in [9.17, 15) is 0 Å². The van der Waals surface area contributed by atoms with Crippen LogP contribution in [0.25, 0.3) is 105 Å². The maximum Gasteiger partial charge on any atom is 0.160 e. The van der Waals surface area contributed by atoms with Crippen LogP contribution in [0.4, 0.5) is 0 Å². The third-order valence-electron chi connectivity index (χ3n) is 11.4. The SMILES string of the molecule is CCc1nc2c3c(-c4ccc(-c5ccc(-c6nc(-c7cccc(-c8ccccc8)c7)c7ccccc7n6)cc5)cc4)nc4ccccc4c3ccc2n1-c1ccccc1. The summed E-state index contributed by atoms with van der Waals surface area (Å²) >= 11 is 0. The first-order chi connectivity index (χ1) is 29.2. The van der Waals surface area contributed by atoms with E-state index in [1.54, 1.807) is 0 Å². The number of imidazole rings is 1. The molecule has 0 unspecified atom stereocenters. The van der Waals surface area contributed by atoms with E-state index >= 15 is 0 Å². The van der Waals surface area contributed by atoms with E-state index in [1.165, 1.54) is 5.56 Å². The van der Waals surface area contributed by atoms with Crippen molar-refractivity contribution in [2.75, 3.05) is 0 Å². The summed E-state index contributed by atoms with van der Waals surface area (Å²) in [6.07, 6.45) is 0.811. The molecule has 0 saturated carbocycles. The molecule has 5 nitrogen and oxygen atoms in total. The molecule has 5 heteroatoms. The molecule has 59 heavy (non-hydrogen) atoms. The average molecular weight is 756 g/mol. The molecule has 0 aliphatic heterocycles. The molecule has 278 valence electrons. The van der Waals surface area contributed by atoms with Crippen LogP contribution in [0, 0.1) is 0 Å². The zero-order valence-corrected chi connectivity index (χ0v) is 32.4. The van der Waals surface area contributed by atoms with Crippen molar-refractivity contribution in [2.24, 2.45) is 0 Å². The summed E-state index contributed by atoms with van der Waals surface area (Å²) in [5.41, 5.74) is 14.6. The number of hydrogen-bond acceptors (Lipinski definition) is 4. The van der Waals surface area contributed by atoms with Gasteiger partial charge in [0.25, 0.3) is 0 Å². The average Bonchev–Trinajstić information content (AvgIpc) is 3.71. The summed E-state index contributed by atoms with van der Waals surface area (Å²) in [7, 11) is 0. The molecule has 0 amide bonds. The van der Waals surface area contributed by atoms with Crippen molar-refractivity contribution in [1.82, 2.24) is 24.5 Å². The standard InChI is InChI=1S/C54H37N5/c1-2-49-57-53-48(59(49)42-18-7-4-8-19-42)33-32-44-43-20-9-11-22-46(43)55-52(50(44)53)38-28-24-36(25-29-38)37-26-30-39(31-27-37)54-56-47-23-12-10-21-45(47)51(58-54)41-17-13-16-40(34-41)35-14-5-3-6-15-35/h3-34H,2H2,1H3. The minimum absolute atomic E-state index is 0.701. The summed E-state index contributed by atoms with van der Waals surface area (Å²) in [5, 5.41) is 4.38. The lowest BCUT2D eigenvalue weighted by molar-refractivity contribution is 0.908. The van der Waals surface area contributed by atoms with Gasteiger partial charge < -0.3 is 0 Å². The molecule has 0 aliphatic carbocycles. The number of fused-ring (bicyclic) bond motifs is 6. The molecule has 0 fully saturated rings. The lowest BCUT2D eigenvalue weighted by Crippen LogP contribution is -1.99. The Bertz CT molecular complexity index is 3330. The normalized spacial score (nSPS) is 11.5. The van der Waals surface area contributed by atoms with Gasteiger partial charge >= 0.3 is 0 Å². The van der Waals surface area contributed by atoms with Gasteiger partial charge in [-0.25, -0.2) is 19.9 Å². The zero-order valence-electron chi connectivity index (χ0n) is 32.4. The Morgan fingerprint density at radius 2 is 0.966 bits per heavy atom. The van der Waals surface area contributed by atoms with Gasteiger partial charge in [0.1, 0.15) is 5.82 Å². The van der Waals surface area contributed by atoms with Crippen molar-refractivity contribution >= 4 is 43.6 Å². The van der Waals surface area contributed by atoms with Gasteiger partial charge in [0.15, 0.2) is 5.82 Å². The number of aryl methyl sites for hydroxylation is 1. The highest BCUT2D eigenvalue weighted by atomic mass is 15.1. The minimum atomic E-state index is 0.701. The van der Waals surface area contributed by atoms with Gasteiger partial charge in [0.05, 0.1) is 33.5 Å². The highest BCUT2D eigenvalue weighted by Crippen LogP contribution is 2.39. The number of rotatable bonds is 7. The molecule has 3 aromatic heterocycles. The molecule has 11 aromatic rings. The number of para-hydroxylation sites is 3. The topological polar surface area (TPSA) is 56.5 Å². The first-order valence-electron chi connectivity index (χ1n) is 20.1. The third-order valence-corrected chi connectivity index (χ3v) is 11.4. The lowest BCUT2D eigenvalue weighted by Gasteiger charge is -2.13. The monoisotopic (exact) mass is 755 g/mol. The van der Waals surface area contributed by atoms with Crippen molar-refractivity contribution in [2.45, 2.75) is 13.3 Å². The Morgan fingerprint density at radius 1 is 0.390 bits per heavy atom. The number of hydrogen-bond donors (Lipinski definition) is 0. The number of nitrogens with zero attached hydrogens (tertiary/aromatic N) is 5. The second kappa shape index (κ2) is 14.3. The summed E-state index contributed by atoms with van der Waals surface area (Å²) in [6.45, 7) is 2.17. The first-order valence-corrected chi connectivity index (χ1v) is 20.1. The predicted molar refractivity (Wildman–Crippen MR) is 244 cm³/mol. The van der Waals surface area contributed by atoms with Crippen LogP contribution in [-0.2, 0) is 6.42 Å². The van der Waals surface area contributed by atoms with Crippen LogP contribution in [-0.4, -0.2) is 24.5 Å². The number of aromatic nitrogens is 5. The predicted octanol–water partition coefficient (Wildman–Crippen LogP) is 13.6. The Morgan fingerprint density at radius 3 is 1.69 bits per heavy atom. The molecule has 8 aromatic carbocycles. The molecule has 0 aliphatic rings. The fourth-order valence-corrected chi connectivity index (χ4v) is 8.48. The van der Waals surface area contributed by atoms with Crippen LogP contribution >= 0.6 is 0 Å². The molecular formula is C54H37N5. The molecule has 0 saturated heterocycles. The zero-order chi connectivity index (χ0) is 39.3. The van der Waals surface area contributed by atoms with Crippen molar-refractivity contribution < 1.29 is 0 Å². The number of benzene rings is 8. The van der Waals surface area contributed by atoms with Crippen LogP contribution in [0.15, 0.2) is 194 Å². The van der Waals surface area contributed by atoms with Gasteiger partial charge in [-0.1, -0.05) is 165 Å². The minimum Gasteiger partial charge on any atom is -0.296 e. The van der Waals surface area contributed by atoms with Gasteiger partial charge in [0, 0.05) is 45.0 Å². The number of pyridine rings is 1. The van der Waals surface area contributed by atoms with Crippen LogP contribution in [0.1, 0.15) is 12.7 Å². The molecule has 3 heterocycles. The lowest BCUT2D eigenvalue weighted by atomic mass is 9.96. The Kier molecular flexibility index (Phi) is 8.37. The maximum atomic E-state index is 5.32. The second-order valence-corrected chi connectivity index (χ2v) is 14.9. The van der Waals surface area contributed by atoms with Crippen molar-refractivity contribution in [1.29, 1.82) is 0 Å². The van der Waals surface area contributed by atoms with E-state index in [1.807, 2.05) is 12.1 Å². The van der Waals surface area contributed by atoms with Gasteiger partial charge in [-0.05, 0) is 64.0 Å². The smallest absolute Gasteiger partial charge is 0.160 e. The first kappa shape index (κ1) is 34.5. The summed E-state index contributed by atoms with van der Waals surface area (Å²) < 4.78 is 2.29. The molecule has 0 atom stereocenters. The highest BCUT2D eigenvalue weighted by Gasteiger charge is 2.20. The van der Waals surface area contributed by atoms with Crippen LogP contribution in [0.3, 0.4) is 0 Å². The summed E-state index contributed by atoms with van der Waals surface area (Å²) in [4.78, 5) is 20.8. The van der Waals surface area contributed by atoms with Gasteiger partial charge in [-0.15, -0.1) is 0 Å². The van der Waals surface area contributed by atoms with Crippen LogP contribution in [0.2, 0.25) is 0 Å². The van der Waals surface area contributed by atoms with Crippen molar-refractivity contribution in [3.63, 3.8) is 0 Å². The molecule has 11 rings (SSSR count). The van der Waals surface area contributed by atoms with Crippen molar-refractivity contribution in [3.8, 4) is 61.8 Å². The maximum absolute atomic E-state index is 5.32. The Hall–Kier alpha value is -7.76. The van der Waals surface area contributed by atoms with E-state index in [0.717, 1.165) is 106 Å². The Balaban J connectivity index is 0.970. The summed E-state index contributed by atoms with van der Waals surface area (Å²) in [6, 6.07) is 68.1. The van der Waals surface area contributed by atoms with Crippen molar-refractivity contribution in [3.05, 3.63) is 200 Å². The molecule has 0 bridgehead atoms. The Labute approximate surface area is 342 Å². The molecule has 0 N–H and O–H groups in total. The fourth-order valence-electron chi connectivity index (χ4n) is 8.48. The summed E-state index contributed by atoms with van der Waals surface area (Å²) in [5.74, 6) is 1.73. The van der Waals surface area contributed by atoms with Crippen LogP contribution in [0.5, 0.6) is 0 Å². The van der Waals surface area contributed by atoms with E-state index in [2.05, 4.69) is 193 Å². The van der Waals surface area contributed by atoms with E-state index < -0.39 is 0 Å². The third kappa shape index (κ3) is 6.03.